The highest BCUT2D eigenvalue weighted by Gasteiger charge is 1.99. The van der Waals surface area contributed by atoms with Crippen LogP contribution in [0.15, 0.2) is 42.1 Å². The summed E-state index contributed by atoms with van der Waals surface area (Å²) in [4.78, 5) is 4.37. The summed E-state index contributed by atoms with van der Waals surface area (Å²) in [5, 5.41) is 4.54. The molecule has 0 spiro atoms. The minimum Gasteiger partial charge on any atom is -0.383 e. The van der Waals surface area contributed by atoms with E-state index in [1.807, 2.05) is 24.4 Å². The fourth-order valence-electron chi connectivity index (χ4n) is 2.02. The van der Waals surface area contributed by atoms with Crippen LogP contribution in [-0.2, 0) is 4.74 Å². The van der Waals surface area contributed by atoms with E-state index in [1.165, 1.54) is 16.5 Å². The molecule has 0 saturated heterocycles. The molecule has 0 atom stereocenters. The monoisotopic (exact) mass is 256 g/mol. The van der Waals surface area contributed by atoms with Crippen LogP contribution in [0.25, 0.3) is 17.0 Å². The van der Waals surface area contributed by atoms with Crippen LogP contribution in [0.5, 0.6) is 0 Å². The second-order valence-electron chi connectivity index (χ2n) is 4.58. The van der Waals surface area contributed by atoms with Gasteiger partial charge in [0.1, 0.15) is 0 Å². The van der Waals surface area contributed by atoms with Gasteiger partial charge in [0.05, 0.1) is 12.1 Å². The Morgan fingerprint density at radius 3 is 3.00 bits per heavy atom. The van der Waals surface area contributed by atoms with Gasteiger partial charge in [-0.3, -0.25) is 4.98 Å². The van der Waals surface area contributed by atoms with E-state index in [9.17, 15) is 0 Å². The Hall–Kier alpha value is -1.71. The molecular formula is C16H20N2O. The highest BCUT2D eigenvalue weighted by atomic mass is 16.5. The molecule has 1 aromatic carbocycles. The fourth-order valence-corrected chi connectivity index (χ4v) is 2.02. The topological polar surface area (TPSA) is 34.1 Å². The molecule has 1 heterocycles. The van der Waals surface area contributed by atoms with E-state index in [0.717, 1.165) is 25.2 Å². The number of benzene rings is 1. The lowest BCUT2D eigenvalue weighted by molar-refractivity contribution is 0.200. The van der Waals surface area contributed by atoms with Crippen LogP contribution in [0, 0.1) is 0 Å². The third-order valence-corrected chi connectivity index (χ3v) is 2.97. The summed E-state index contributed by atoms with van der Waals surface area (Å²) < 4.78 is 5.01. The van der Waals surface area contributed by atoms with Gasteiger partial charge in [0.2, 0.25) is 0 Å². The van der Waals surface area contributed by atoms with Crippen molar-refractivity contribution in [2.24, 2.45) is 0 Å². The summed E-state index contributed by atoms with van der Waals surface area (Å²) in [5.41, 5.74) is 3.56. The zero-order chi connectivity index (χ0) is 13.5. The second-order valence-corrected chi connectivity index (χ2v) is 4.58. The van der Waals surface area contributed by atoms with E-state index in [0.29, 0.717) is 0 Å². The largest absolute Gasteiger partial charge is 0.383 e. The average Bonchev–Trinajstić information content (AvgIpc) is 2.44. The Labute approximate surface area is 114 Å². The highest BCUT2D eigenvalue weighted by Crippen LogP contribution is 2.18. The molecule has 0 unspecified atom stereocenters. The van der Waals surface area contributed by atoms with Crippen molar-refractivity contribution in [3.8, 4) is 0 Å². The van der Waals surface area contributed by atoms with Crippen molar-refractivity contribution in [2.75, 3.05) is 26.8 Å². The second kappa shape index (κ2) is 7.02. The van der Waals surface area contributed by atoms with Crippen LogP contribution >= 0.6 is 0 Å². The molecule has 19 heavy (non-hydrogen) atoms. The molecule has 0 aliphatic carbocycles. The molecule has 0 bridgehead atoms. The molecule has 100 valence electrons. The van der Waals surface area contributed by atoms with Crippen molar-refractivity contribution in [1.82, 2.24) is 10.3 Å². The Balaban J connectivity index is 2.11. The fraction of sp³-hybridized carbons (Fsp3) is 0.312. The third-order valence-electron chi connectivity index (χ3n) is 2.97. The zero-order valence-corrected chi connectivity index (χ0v) is 11.5. The third kappa shape index (κ3) is 3.88. The quantitative estimate of drug-likeness (QED) is 0.807. The number of para-hydroxylation sites is 1. The molecule has 0 amide bonds. The van der Waals surface area contributed by atoms with Gasteiger partial charge < -0.3 is 10.1 Å². The first kappa shape index (κ1) is 13.7. The van der Waals surface area contributed by atoms with Crippen molar-refractivity contribution < 1.29 is 4.74 Å². The molecule has 0 saturated carbocycles. The first-order valence-corrected chi connectivity index (χ1v) is 6.52. The van der Waals surface area contributed by atoms with Crippen LogP contribution in [0.2, 0.25) is 0 Å². The maximum atomic E-state index is 5.01. The lowest BCUT2D eigenvalue weighted by Gasteiger charge is -2.06. The first-order valence-electron chi connectivity index (χ1n) is 6.52. The summed E-state index contributed by atoms with van der Waals surface area (Å²) in [6, 6.07) is 10.3. The number of hydrogen-bond acceptors (Lipinski definition) is 3. The van der Waals surface area contributed by atoms with Gasteiger partial charge >= 0.3 is 0 Å². The summed E-state index contributed by atoms with van der Waals surface area (Å²) in [6.07, 6.45) is 4.07. The Kier molecular flexibility index (Phi) is 5.07. The van der Waals surface area contributed by atoms with Crippen LogP contribution in [-0.4, -0.2) is 31.8 Å². The lowest BCUT2D eigenvalue weighted by Crippen LogP contribution is -2.20. The van der Waals surface area contributed by atoms with Gasteiger partial charge in [-0.2, -0.15) is 0 Å². The maximum Gasteiger partial charge on any atom is 0.0707 e. The van der Waals surface area contributed by atoms with Crippen LogP contribution in [0.4, 0.5) is 0 Å². The molecule has 2 rings (SSSR count). The Bertz CT molecular complexity index is 558. The summed E-state index contributed by atoms with van der Waals surface area (Å²) in [5.74, 6) is 0. The van der Waals surface area contributed by atoms with Crippen molar-refractivity contribution in [2.45, 2.75) is 6.92 Å². The number of rotatable bonds is 6. The van der Waals surface area contributed by atoms with Crippen LogP contribution in [0.1, 0.15) is 12.5 Å². The van der Waals surface area contributed by atoms with Gasteiger partial charge in [-0.25, -0.2) is 0 Å². The number of fused-ring (bicyclic) bond motifs is 1. The Morgan fingerprint density at radius 1 is 1.32 bits per heavy atom. The van der Waals surface area contributed by atoms with Gasteiger partial charge in [-0.1, -0.05) is 29.8 Å². The number of aromatic nitrogens is 1. The number of pyridine rings is 1. The summed E-state index contributed by atoms with van der Waals surface area (Å²) >= 11 is 0. The molecule has 3 nitrogen and oxygen atoms in total. The Morgan fingerprint density at radius 2 is 2.16 bits per heavy atom. The number of nitrogens with one attached hydrogen (secondary N) is 1. The van der Waals surface area contributed by atoms with Crippen LogP contribution < -0.4 is 5.32 Å². The minimum absolute atomic E-state index is 0.742. The van der Waals surface area contributed by atoms with Crippen molar-refractivity contribution in [3.05, 3.63) is 47.7 Å². The molecule has 0 aliphatic heterocycles. The van der Waals surface area contributed by atoms with Gasteiger partial charge in [-0.15, -0.1) is 0 Å². The van der Waals surface area contributed by atoms with Gasteiger partial charge in [0, 0.05) is 31.8 Å². The number of nitrogens with zero attached hydrogens (tertiary/aromatic N) is 1. The van der Waals surface area contributed by atoms with E-state index < -0.39 is 0 Å². The standard InChI is InChI=1S/C16H20N2O/c1-13(12-17-9-10-19-2)11-14-7-8-18-16-6-4-3-5-15(14)16/h3-8,11,17H,9-10,12H2,1-2H3. The van der Waals surface area contributed by atoms with E-state index >= 15 is 0 Å². The maximum absolute atomic E-state index is 5.01. The van der Waals surface area contributed by atoms with E-state index in [4.69, 9.17) is 4.74 Å². The highest BCUT2D eigenvalue weighted by molar-refractivity contribution is 5.87. The summed E-state index contributed by atoms with van der Waals surface area (Å²) in [6.45, 7) is 4.62. The molecule has 1 aromatic heterocycles. The zero-order valence-electron chi connectivity index (χ0n) is 11.5. The predicted molar refractivity (Wildman–Crippen MR) is 80.1 cm³/mol. The van der Waals surface area contributed by atoms with Crippen molar-refractivity contribution in [3.63, 3.8) is 0 Å². The normalized spacial score (nSPS) is 12.0. The average molecular weight is 256 g/mol. The minimum atomic E-state index is 0.742. The number of hydrogen-bond donors (Lipinski definition) is 1. The van der Waals surface area contributed by atoms with E-state index in [2.05, 4.69) is 35.4 Å². The lowest BCUT2D eigenvalue weighted by atomic mass is 10.1. The van der Waals surface area contributed by atoms with Crippen molar-refractivity contribution in [1.29, 1.82) is 0 Å². The molecule has 0 fully saturated rings. The van der Waals surface area contributed by atoms with Gasteiger partial charge in [0.15, 0.2) is 0 Å². The number of methoxy groups -OCH3 is 1. The van der Waals surface area contributed by atoms with E-state index in [-0.39, 0.29) is 0 Å². The number of ether oxygens (including phenoxy) is 1. The predicted octanol–water partition coefficient (Wildman–Crippen LogP) is 2.87. The summed E-state index contributed by atoms with van der Waals surface area (Å²) in [7, 11) is 1.72. The molecule has 0 radical (unpaired) electrons. The van der Waals surface area contributed by atoms with E-state index in [1.54, 1.807) is 7.11 Å². The molecule has 3 heteroatoms. The van der Waals surface area contributed by atoms with Crippen molar-refractivity contribution >= 4 is 17.0 Å². The molecule has 1 N–H and O–H groups in total. The molecule has 0 aliphatic rings. The SMILES string of the molecule is COCCNCC(C)=Cc1ccnc2ccccc12. The van der Waals surface area contributed by atoms with Gasteiger partial charge in [0.25, 0.3) is 0 Å². The molecule has 2 aromatic rings. The smallest absolute Gasteiger partial charge is 0.0707 e. The molecular weight excluding hydrogens is 236 g/mol. The van der Waals surface area contributed by atoms with Crippen LogP contribution in [0.3, 0.4) is 0 Å². The van der Waals surface area contributed by atoms with Gasteiger partial charge in [-0.05, 0) is 24.6 Å². The first-order chi connectivity index (χ1) is 9.31.